The van der Waals surface area contributed by atoms with Gasteiger partial charge in [0.2, 0.25) is 5.91 Å². The minimum atomic E-state index is -0.837. The molecule has 0 aromatic rings. The van der Waals surface area contributed by atoms with Crippen molar-refractivity contribution in [2.45, 2.75) is 12.8 Å². The van der Waals surface area contributed by atoms with E-state index < -0.39 is 17.8 Å². The van der Waals surface area contributed by atoms with Crippen LogP contribution >= 0.6 is 0 Å². The maximum atomic E-state index is 12.9. The van der Waals surface area contributed by atoms with Gasteiger partial charge in [-0.15, -0.1) is 0 Å². The molecule has 22 heavy (non-hydrogen) atoms. The maximum absolute atomic E-state index is 12.9. The van der Waals surface area contributed by atoms with E-state index in [9.17, 15) is 14.7 Å². The number of β-amino-alcohol motifs (C(OH)–C–C–N with tert-alkyl or cyclic N) is 1. The van der Waals surface area contributed by atoms with E-state index in [2.05, 4.69) is 11.0 Å². The molecule has 2 bridgehead atoms. The van der Waals surface area contributed by atoms with Crippen LogP contribution in [0.15, 0.2) is 12.2 Å². The Balaban J connectivity index is 1.69. The van der Waals surface area contributed by atoms with Gasteiger partial charge in [-0.3, -0.25) is 14.5 Å². The summed E-state index contributed by atoms with van der Waals surface area (Å²) in [5, 5.41) is 18.5. The molecule has 4 aliphatic rings. The smallest absolute Gasteiger partial charge is 0.307 e. The molecule has 0 spiro atoms. The van der Waals surface area contributed by atoms with Gasteiger partial charge in [0.25, 0.3) is 0 Å². The van der Waals surface area contributed by atoms with Crippen LogP contribution < -0.4 is 0 Å². The molecule has 0 aromatic heterocycles. The van der Waals surface area contributed by atoms with Gasteiger partial charge in [-0.2, -0.15) is 0 Å². The van der Waals surface area contributed by atoms with Crippen molar-refractivity contribution in [3.8, 4) is 0 Å². The molecule has 3 aliphatic carbocycles. The fraction of sp³-hybridized carbons (Fsp3) is 0.750. The summed E-state index contributed by atoms with van der Waals surface area (Å²) >= 11 is 0. The van der Waals surface area contributed by atoms with Crippen molar-refractivity contribution in [1.82, 2.24) is 9.80 Å². The van der Waals surface area contributed by atoms with Crippen molar-refractivity contribution in [3.63, 3.8) is 0 Å². The Bertz CT molecular complexity index is 471. The summed E-state index contributed by atoms with van der Waals surface area (Å²) in [5.41, 5.74) is 0. The van der Waals surface area contributed by atoms with Crippen LogP contribution in [0.4, 0.5) is 0 Å². The van der Waals surface area contributed by atoms with Crippen molar-refractivity contribution in [2.75, 3.05) is 39.3 Å². The number of carboxylic acids is 1. The molecule has 0 aromatic carbocycles. The molecule has 2 fully saturated rings. The second kappa shape index (κ2) is 6.38. The van der Waals surface area contributed by atoms with E-state index in [4.69, 9.17) is 5.11 Å². The van der Waals surface area contributed by atoms with Crippen LogP contribution in [0.25, 0.3) is 0 Å². The zero-order valence-corrected chi connectivity index (χ0v) is 12.7. The highest BCUT2D eigenvalue weighted by molar-refractivity contribution is 5.86. The molecule has 122 valence electrons. The summed E-state index contributed by atoms with van der Waals surface area (Å²) in [6.07, 6.45) is 5.85. The van der Waals surface area contributed by atoms with Crippen molar-refractivity contribution in [2.24, 2.45) is 23.7 Å². The topological polar surface area (TPSA) is 81.1 Å². The Morgan fingerprint density at radius 3 is 2.09 bits per heavy atom. The molecule has 0 radical (unpaired) electrons. The van der Waals surface area contributed by atoms with Crippen molar-refractivity contribution in [3.05, 3.63) is 12.2 Å². The Kier molecular flexibility index (Phi) is 4.49. The quantitative estimate of drug-likeness (QED) is 0.717. The third-order valence-corrected chi connectivity index (χ3v) is 5.42. The summed E-state index contributed by atoms with van der Waals surface area (Å²) in [7, 11) is 0. The predicted octanol–water partition coefficient (Wildman–Crippen LogP) is 0.0359. The summed E-state index contributed by atoms with van der Waals surface area (Å²) in [6, 6.07) is 0. The second-order valence-electron chi connectivity index (χ2n) is 6.57. The molecule has 4 unspecified atom stereocenters. The van der Waals surface area contributed by atoms with Gasteiger partial charge in [-0.25, -0.2) is 0 Å². The first kappa shape index (κ1) is 15.5. The molecule has 1 amide bonds. The number of carbonyl (C=O) groups excluding carboxylic acids is 1. The third kappa shape index (κ3) is 2.77. The SMILES string of the molecule is O=C(O)C1C2C=CC(CC2)C1C(=O)N1CCN(CCO)CC1. The molecule has 4 atom stereocenters. The lowest BCUT2D eigenvalue weighted by atomic mass is 9.62. The Hall–Kier alpha value is -1.40. The minimum Gasteiger partial charge on any atom is -0.481 e. The molecule has 2 N–H and O–H groups in total. The fourth-order valence-corrected chi connectivity index (χ4v) is 4.21. The van der Waals surface area contributed by atoms with Gasteiger partial charge in [0.1, 0.15) is 0 Å². The molecule has 1 aliphatic heterocycles. The average Bonchev–Trinajstić information content (AvgIpc) is 2.55. The number of allylic oxidation sites excluding steroid dienone is 2. The number of piperazine rings is 1. The van der Waals surface area contributed by atoms with Crippen molar-refractivity contribution in [1.29, 1.82) is 0 Å². The fourth-order valence-electron chi connectivity index (χ4n) is 4.21. The number of hydrogen-bond donors (Lipinski definition) is 2. The van der Waals surface area contributed by atoms with E-state index in [0.29, 0.717) is 19.6 Å². The molecular weight excluding hydrogens is 284 g/mol. The van der Waals surface area contributed by atoms with Crippen molar-refractivity contribution < 1.29 is 19.8 Å². The lowest BCUT2D eigenvalue weighted by Gasteiger charge is -2.45. The van der Waals surface area contributed by atoms with Gasteiger partial charge in [0, 0.05) is 32.7 Å². The van der Waals surface area contributed by atoms with Crippen LogP contribution in [-0.2, 0) is 9.59 Å². The number of aliphatic hydroxyl groups excluding tert-OH is 1. The highest BCUT2D eigenvalue weighted by atomic mass is 16.4. The number of rotatable bonds is 4. The zero-order chi connectivity index (χ0) is 15.7. The molecule has 1 heterocycles. The standard InChI is InChI=1S/C16H24N2O4/c19-10-9-17-5-7-18(8-6-17)15(20)13-11-1-3-12(4-2-11)14(13)16(21)22/h1,3,11-14,19H,2,4-10H2,(H,21,22). The Labute approximate surface area is 130 Å². The van der Waals surface area contributed by atoms with Crippen LogP contribution in [-0.4, -0.2) is 71.2 Å². The van der Waals surface area contributed by atoms with Crippen LogP contribution in [0.2, 0.25) is 0 Å². The lowest BCUT2D eigenvalue weighted by Crippen LogP contribution is -2.55. The summed E-state index contributed by atoms with van der Waals surface area (Å²) in [4.78, 5) is 28.5. The Morgan fingerprint density at radius 2 is 1.59 bits per heavy atom. The van der Waals surface area contributed by atoms with Crippen LogP contribution in [0, 0.1) is 23.7 Å². The average molecular weight is 308 g/mol. The molecule has 1 saturated heterocycles. The molecule has 4 rings (SSSR count). The first-order valence-electron chi connectivity index (χ1n) is 8.15. The molecule has 6 heteroatoms. The highest BCUT2D eigenvalue weighted by Gasteiger charge is 2.49. The third-order valence-electron chi connectivity index (χ3n) is 5.42. The first-order chi connectivity index (χ1) is 10.6. The van der Waals surface area contributed by atoms with E-state index >= 15 is 0 Å². The predicted molar refractivity (Wildman–Crippen MR) is 80.1 cm³/mol. The summed E-state index contributed by atoms with van der Waals surface area (Å²) in [6.45, 7) is 3.52. The van der Waals surface area contributed by atoms with E-state index in [-0.39, 0.29) is 24.3 Å². The normalized spacial score (nSPS) is 34.9. The first-order valence-corrected chi connectivity index (χ1v) is 8.15. The largest absolute Gasteiger partial charge is 0.481 e. The Morgan fingerprint density at radius 1 is 1.00 bits per heavy atom. The number of aliphatic hydroxyl groups is 1. The number of amides is 1. The van der Waals surface area contributed by atoms with Gasteiger partial charge >= 0.3 is 5.97 Å². The van der Waals surface area contributed by atoms with E-state index in [1.807, 2.05) is 11.0 Å². The van der Waals surface area contributed by atoms with Gasteiger partial charge in [-0.05, 0) is 24.7 Å². The number of hydrogen-bond acceptors (Lipinski definition) is 4. The number of carbonyl (C=O) groups is 2. The van der Waals surface area contributed by atoms with Gasteiger partial charge < -0.3 is 15.1 Å². The second-order valence-corrected chi connectivity index (χ2v) is 6.57. The van der Waals surface area contributed by atoms with Crippen LogP contribution in [0.1, 0.15) is 12.8 Å². The van der Waals surface area contributed by atoms with Gasteiger partial charge in [0.15, 0.2) is 0 Å². The minimum absolute atomic E-state index is 0.00660. The molecular formula is C16H24N2O4. The zero-order valence-electron chi connectivity index (χ0n) is 12.7. The monoisotopic (exact) mass is 308 g/mol. The van der Waals surface area contributed by atoms with Crippen LogP contribution in [0.3, 0.4) is 0 Å². The molecule has 1 saturated carbocycles. The van der Waals surface area contributed by atoms with E-state index in [0.717, 1.165) is 25.9 Å². The van der Waals surface area contributed by atoms with Gasteiger partial charge in [0.05, 0.1) is 18.4 Å². The lowest BCUT2D eigenvalue weighted by molar-refractivity contribution is -0.157. The maximum Gasteiger partial charge on any atom is 0.307 e. The van der Waals surface area contributed by atoms with Crippen LogP contribution in [0.5, 0.6) is 0 Å². The highest BCUT2D eigenvalue weighted by Crippen LogP contribution is 2.45. The van der Waals surface area contributed by atoms with E-state index in [1.165, 1.54) is 0 Å². The summed E-state index contributed by atoms with van der Waals surface area (Å²) < 4.78 is 0. The number of carboxylic acid groups (broad SMARTS) is 1. The van der Waals surface area contributed by atoms with E-state index in [1.54, 1.807) is 0 Å². The summed E-state index contributed by atoms with van der Waals surface area (Å²) in [5.74, 6) is -1.70. The van der Waals surface area contributed by atoms with Crippen molar-refractivity contribution >= 4 is 11.9 Å². The number of nitrogens with zero attached hydrogens (tertiary/aromatic N) is 2. The van der Waals surface area contributed by atoms with Gasteiger partial charge in [-0.1, -0.05) is 12.2 Å². The molecule has 6 nitrogen and oxygen atoms in total. The number of aliphatic carboxylic acids is 1. The number of fused-ring (bicyclic) bond motifs is 2.